The van der Waals surface area contributed by atoms with E-state index < -0.39 is 11.9 Å². The summed E-state index contributed by atoms with van der Waals surface area (Å²) < 4.78 is 4.45. The van der Waals surface area contributed by atoms with Crippen LogP contribution in [0.15, 0.2) is 18.2 Å². The molecule has 6 nitrogen and oxygen atoms in total. The molecule has 0 radical (unpaired) electrons. The topological polar surface area (TPSA) is 92.7 Å². The Morgan fingerprint density at radius 3 is 2.62 bits per heavy atom. The number of esters is 1. The van der Waals surface area contributed by atoms with Gasteiger partial charge >= 0.3 is 11.9 Å². The van der Waals surface area contributed by atoms with Gasteiger partial charge in [-0.1, -0.05) is 0 Å². The Kier molecular flexibility index (Phi) is 3.60. The Morgan fingerprint density at radius 2 is 2.12 bits per heavy atom. The van der Waals surface area contributed by atoms with E-state index in [0.717, 1.165) is 6.07 Å². The number of rotatable bonds is 4. The largest absolute Gasteiger partial charge is 0.478 e. The summed E-state index contributed by atoms with van der Waals surface area (Å²) in [4.78, 5) is 32.2. The summed E-state index contributed by atoms with van der Waals surface area (Å²) >= 11 is 0. The highest BCUT2D eigenvalue weighted by molar-refractivity contribution is 6.00. The number of carboxylic acid groups (broad SMARTS) is 1. The van der Waals surface area contributed by atoms with Gasteiger partial charge in [0.15, 0.2) is 0 Å². The van der Waals surface area contributed by atoms with Crippen LogP contribution in [0.2, 0.25) is 0 Å². The zero-order valence-electron chi connectivity index (χ0n) is 8.39. The molecule has 0 aliphatic heterocycles. The van der Waals surface area contributed by atoms with Crippen LogP contribution in [0.4, 0.5) is 5.69 Å². The Balaban J connectivity index is 3.22. The molecule has 1 amide bonds. The molecule has 0 aliphatic carbocycles. The third kappa shape index (κ3) is 2.35. The molecule has 84 valence electrons. The van der Waals surface area contributed by atoms with Gasteiger partial charge in [0.2, 0.25) is 6.41 Å². The number of hydrogen-bond acceptors (Lipinski definition) is 4. The lowest BCUT2D eigenvalue weighted by Gasteiger charge is -2.06. The van der Waals surface area contributed by atoms with Crippen molar-refractivity contribution < 1.29 is 24.2 Å². The minimum atomic E-state index is -1.24. The van der Waals surface area contributed by atoms with E-state index in [2.05, 4.69) is 10.1 Å². The molecule has 0 fully saturated rings. The molecule has 0 saturated heterocycles. The highest BCUT2D eigenvalue weighted by Crippen LogP contribution is 2.17. The highest BCUT2D eigenvalue weighted by Gasteiger charge is 2.14. The molecule has 16 heavy (non-hydrogen) atoms. The van der Waals surface area contributed by atoms with E-state index in [1.54, 1.807) is 0 Å². The monoisotopic (exact) mass is 223 g/mol. The van der Waals surface area contributed by atoms with Gasteiger partial charge in [0.1, 0.15) is 0 Å². The molecule has 0 saturated carbocycles. The Bertz CT molecular complexity index is 441. The van der Waals surface area contributed by atoms with Crippen LogP contribution in [-0.2, 0) is 9.53 Å². The smallest absolute Gasteiger partial charge is 0.337 e. The number of carboxylic acids is 1. The van der Waals surface area contributed by atoms with Crippen LogP contribution < -0.4 is 5.32 Å². The van der Waals surface area contributed by atoms with Gasteiger partial charge in [-0.05, 0) is 18.2 Å². The molecular formula is C10H9NO5. The van der Waals surface area contributed by atoms with Gasteiger partial charge in [0.25, 0.3) is 0 Å². The van der Waals surface area contributed by atoms with Crippen LogP contribution in [0.3, 0.4) is 0 Å². The molecule has 1 rings (SSSR count). The number of hydrogen-bond donors (Lipinski definition) is 2. The van der Waals surface area contributed by atoms with Crippen molar-refractivity contribution in [2.24, 2.45) is 0 Å². The fourth-order valence-corrected chi connectivity index (χ4v) is 1.16. The van der Waals surface area contributed by atoms with Crippen molar-refractivity contribution >= 4 is 24.0 Å². The predicted octanol–water partition coefficient (Wildman–Crippen LogP) is 0.740. The summed E-state index contributed by atoms with van der Waals surface area (Å²) in [7, 11) is 1.19. The zero-order valence-corrected chi connectivity index (χ0v) is 8.39. The average Bonchev–Trinajstić information content (AvgIpc) is 2.28. The second kappa shape index (κ2) is 4.92. The number of carbonyl (C=O) groups is 3. The van der Waals surface area contributed by atoms with Crippen LogP contribution in [0.1, 0.15) is 20.7 Å². The van der Waals surface area contributed by atoms with E-state index in [4.69, 9.17) is 5.11 Å². The maximum atomic E-state index is 11.2. The molecule has 0 aliphatic rings. The summed E-state index contributed by atoms with van der Waals surface area (Å²) in [5.41, 5.74) is 0.0569. The first-order valence-corrected chi connectivity index (χ1v) is 4.26. The van der Waals surface area contributed by atoms with E-state index >= 15 is 0 Å². The predicted molar refractivity (Wildman–Crippen MR) is 54.4 cm³/mol. The lowest BCUT2D eigenvalue weighted by atomic mass is 10.1. The number of nitrogens with one attached hydrogen (secondary N) is 1. The van der Waals surface area contributed by atoms with Crippen LogP contribution in [0, 0.1) is 0 Å². The Morgan fingerprint density at radius 1 is 1.44 bits per heavy atom. The third-order valence-electron chi connectivity index (χ3n) is 1.89. The number of methoxy groups -OCH3 is 1. The van der Waals surface area contributed by atoms with Gasteiger partial charge in [-0.2, -0.15) is 0 Å². The molecule has 0 spiro atoms. The molecule has 6 heteroatoms. The van der Waals surface area contributed by atoms with Gasteiger partial charge in [-0.15, -0.1) is 0 Å². The SMILES string of the molecule is COC(=O)c1ccc(NC=O)c(C(=O)O)c1. The summed E-state index contributed by atoms with van der Waals surface area (Å²) in [6.07, 6.45) is 0.361. The van der Waals surface area contributed by atoms with Gasteiger partial charge < -0.3 is 15.2 Å². The highest BCUT2D eigenvalue weighted by atomic mass is 16.5. The Hall–Kier alpha value is -2.37. The lowest BCUT2D eigenvalue weighted by Crippen LogP contribution is -2.08. The summed E-state index contributed by atoms with van der Waals surface area (Å²) in [5, 5.41) is 11.1. The van der Waals surface area contributed by atoms with Crippen molar-refractivity contribution in [3.8, 4) is 0 Å². The average molecular weight is 223 g/mol. The van der Waals surface area contributed by atoms with Gasteiger partial charge in [-0.3, -0.25) is 4.79 Å². The summed E-state index contributed by atoms with van der Waals surface area (Å²) in [6, 6.07) is 3.83. The third-order valence-corrected chi connectivity index (χ3v) is 1.89. The van der Waals surface area contributed by atoms with Crippen LogP contribution >= 0.6 is 0 Å². The number of ether oxygens (including phenoxy) is 1. The van der Waals surface area contributed by atoms with Crippen molar-refractivity contribution in [2.45, 2.75) is 0 Å². The lowest BCUT2D eigenvalue weighted by molar-refractivity contribution is -0.105. The minimum absolute atomic E-state index is 0.108. The van der Waals surface area contributed by atoms with Crippen LogP contribution in [0.25, 0.3) is 0 Å². The molecular weight excluding hydrogens is 214 g/mol. The van der Waals surface area contributed by atoms with Crippen molar-refractivity contribution in [3.05, 3.63) is 29.3 Å². The van der Waals surface area contributed by atoms with Crippen molar-refractivity contribution in [2.75, 3.05) is 12.4 Å². The van der Waals surface area contributed by atoms with Crippen molar-refractivity contribution in [1.29, 1.82) is 0 Å². The first kappa shape index (κ1) is 11.7. The molecule has 0 aromatic heterocycles. The molecule has 0 unspecified atom stereocenters. The van der Waals surface area contributed by atoms with E-state index in [1.165, 1.54) is 19.2 Å². The summed E-state index contributed by atoms with van der Waals surface area (Å²) in [5.74, 6) is -1.88. The first-order chi connectivity index (χ1) is 7.60. The fourth-order valence-electron chi connectivity index (χ4n) is 1.16. The first-order valence-electron chi connectivity index (χ1n) is 4.26. The van der Waals surface area contributed by atoms with Gasteiger partial charge in [0.05, 0.1) is 23.9 Å². The minimum Gasteiger partial charge on any atom is -0.478 e. The van der Waals surface area contributed by atoms with E-state index in [9.17, 15) is 14.4 Å². The number of aromatic carboxylic acids is 1. The second-order valence-electron chi connectivity index (χ2n) is 2.82. The molecule has 0 atom stereocenters. The molecule has 0 heterocycles. The van der Waals surface area contributed by atoms with E-state index in [1.807, 2.05) is 0 Å². The van der Waals surface area contributed by atoms with Crippen molar-refractivity contribution in [3.63, 3.8) is 0 Å². The maximum absolute atomic E-state index is 11.2. The van der Waals surface area contributed by atoms with E-state index in [-0.39, 0.29) is 16.8 Å². The normalized spacial score (nSPS) is 9.31. The molecule has 1 aromatic carbocycles. The Labute approximate surface area is 90.8 Å². The number of benzene rings is 1. The van der Waals surface area contributed by atoms with E-state index in [0.29, 0.717) is 6.41 Å². The maximum Gasteiger partial charge on any atom is 0.337 e. The fraction of sp³-hybridized carbons (Fsp3) is 0.100. The standard InChI is InChI=1S/C10H9NO5/c1-16-10(15)6-2-3-8(11-5-12)7(4-6)9(13)14/h2-5H,1H3,(H,11,12)(H,13,14). The number of carbonyl (C=O) groups excluding carboxylic acids is 2. The second-order valence-corrected chi connectivity index (χ2v) is 2.82. The molecule has 0 bridgehead atoms. The van der Waals surface area contributed by atoms with Gasteiger partial charge in [-0.25, -0.2) is 9.59 Å². The van der Waals surface area contributed by atoms with Crippen molar-refractivity contribution in [1.82, 2.24) is 0 Å². The van der Waals surface area contributed by atoms with Crippen LogP contribution in [0.5, 0.6) is 0 Å². The molecule has 2 N–H and O–H groups in total. The number of anilines is 1. The van der Waals surface area contributed by atoms with Gasteiger partial charge in [0, 0.05) is 0 Å². The van der Waals surface area contributed by atoms with Crippen LogP contribution in [-0.4, -0.2) is 30.6 Å². The zero-order chi connectivity index (χ0) is 12.1. The summed E-state index contributed by atoms with van der Waals surface area (Å²) in [6.45, 7) is 0. The quantitative estimate of drug-likeness (QED) is 0.580. The molecule has 1 aromatic rings. The number of amides is 1.